The quantitative estimate of drug-likeness (QED) is 0.905. The lowest BCUT2D eigenvalue weighted by Crippen LogP contribution is -2.27. The Kier molecular flexibility index (Phi) is 3.80. The Hall–Kier alpha value is -1.56. The van der Waals surface area contributed by atoms with Gasteiger partial charge in [0.25, 0.3) is 0 Å². The SMILES string of the molecule is CCn1nc(C)c(Cl)c1CN1CC(C(=O)O)CC1=O. The van der Waals surface area contributed by atoms with Gasteiger partial charge in [-0.25, -0.2) is 0 Å². The standard InChI is InChI=1S/C12H16ClN3O3/c1-3-16-9(11(13)7(2)14-16)6-15-5-8(12(18)19)4-10(15)17/h8H,3-6H2,1-2H3,(H,18,19). The highest BCUT2D eigenvalue weighted by Gasteiger charge is 2.35. The molecule has 1 atom stereocenters. The Labute approximate surface area is 115 Å². The number of hydrogen-bond donors (Lipinski definition) is 1. The van der Waals surface area contributed by atoms with Gasteiger partial charge in [0.1, 0.15) is 0 Å². The molecule has 1 aromatic rings. The highest BCUT2D eigenvalue weighted by Crippen LogP contribution is 2.25. The number of amides is 1. The van der Waals surface area contributed by atoms with Gasteiger partial charge in [-0.3, -0.25) is 14.3 Å². The summed E-state index contributed by atoms with van der Waals surface area (Å²) >= 11 is 6.18. The minimum Gasteiger partial charge on any atom is -0.481 e. The molecule has 0 saturated carbocycles. The zero-order chi connectivity index (χ0) is 14.2. The van der Waals surface area contributed by atoms with E-state index in [-0.39, 0.29) is 18.9 Å². The van der Waals surface area contributed by atoms with Gasteiger partial charge >= 0.3 is 5.97 Å². The number of carbonyl (C=O) groups is 2. The molecule has 2 rings (SSSR count). The van der Waals surface area contributed by atoms with Crippen molar-refractivity contribution >= 4 is 23.5 Å². The van der Waals surface area contributed by atoms with Gasteiger partial charge < -0.3 is 10.0 Å². The molecular formula is C12H16ClN3O3. The monoisotopic (exact) mass is 285 g/mol. The van der Waals surface area contributed by atoms with Crippen LogP contribution in [0.3, 0.4) is 0 Å². The van der Waals surface area contributed by atoms with Crippen molar-refractivity contribution in [1.82, 2.24) is 14.7 Å². The van der Waals surface area contributed by atoms with Gasteiger partial charge in [-0.15, -0.1) is 0 Å². The lowest BCUT2D eigenvalue weighted by atomic mass is 10.1. The Morgan fingerprint density at radius 1 is 1.58 bits per heavy atom. The molecule has 7 heteroatoms. The van der Waals surface area contributed by atoms with E-state index in [1.165, 1.54) is 4.90 Å². The van der Waals surface area contributed by atoms with Crippen LogP contribution in [0.2, 0.25) is 5.02 Å². The maximum absolute atomic E-state index is 11.8. The van der Waals surface area contributed by atoms with Crippen LogP contribution in [-0.2, 0) is 22.7 Å². The van der Waals surface area contributed by atoms with E-state index in [1.54, 1.807) is 4.68 Å². The summed E-state index contributed by atoms with van der Waals surface area (Å²) in [7, 11) is 0. The van der Waals surface area contributed by atoms with Gasteiger partial charge in [-0.1, -0.05) is 11.6 Å². The Bertz CT molecular complexity index is 527. The molecule has 1 N–H and O–H groups in total. The number of likely N-dealkylation sites (tertiary alicyclic amines) is 1. The second kappa shape index (κ2) is 5.21. The van der Waals surface area contributed by atoms with E-state index in [2.05, 4.69) is 5.10 Å². The van der Waals surface area contributed by atoms with E-state index in [0.29, 0.717) is 18.1 Å². The van der Waals surface area contributed by atoms with Crippen LogP contribution in [0.15, 0.2) is 0 Å². The third kappa shape index (κ3) is 2.58. The summed E-state index contributed by atoms with van der Waals surface area (Å²) in [6.07, 6.45) is 0.0617. The summed E-state index contributed by atoms with van der Waals surface area (Å²) < 4.78 is 1.75. The topological polar surface area (TPSA) is 75.4 Å². The van der Waals surface area contributed by atoms with Crippen molar-refractivity contribution in [3.63, 3.8) is 0 Å². The first kappa shape index (κ1) is 13.9. The molecule has 2 heterocycles. The van der Waals surface area contributed by atoms with E-state index in [1.807, 2.05) is 13.8 Å². The first-order valence-electron chi connectivity index (χ1n) is 6.16. The summed E-state index contributed by atoms with van der Waals surface area (Å²) in [5.41, 5.74) is 1.49. The number of aliphatic carboxylic acids is 1. The number of carboxylic acids is 1. The van der Waals surface area contributed by atoms with Crippen LogP contribution in [-0.4, -0.2) is 38.2 Å². The Morgan fingerprint density at radius 3 is 2.79 bits per heavy atom. The lowest BCUT2D eigenvalue weighted by molar-refractivity contribution is -0.141. The fourth-order valence-corrected chi connectivity index (χ4v) is 2.49. The number of hydrogen-bond acceptors (Lipinski definition) is 3. The fourth-order valence-electron chi connectivity index (χ4n) is 2.29. The minimum absolute atomic E-state index is 0.0617. The van der Waals surface area contributed by atoms with Crippen molar-refractivity contribution in [2.75, 3.05) is 6.54 Å². The maximum atomic E-state index is 11.8. The molecule has 1 amide bonds. The number of nitrogens with zero attached hydrogens (tertiary/aromatic N) is 3. The highest BCUT2D eigenvalue weighted by molar-refractivity contribution is 6.31. The predicted molar refractivity (Wildman–Crippen MR) is 68.8 cm³/mol. The molecule has 1 fully saturated rings. The molecular weight excluding hydrogens is 270 g/mol. The molecule has 1 unspecified atom stereocenters. The first-order chi connectivity index (χ1) is 8.93. The Balaban J connectivity index is 2.18. The third-order valence-corrected chi connectivity index (χ3v) is 3.85. The molecule has 1 aromatic heterocycles. The summed E-state index contributed by atoms with van der Waals surface area (Å²) in [6, 6.07) is 0. The van der Waals surface area contributed by atoms with Crippen LogP contribution in [0.25, 0.3) is 0 Å². The van der Waals surface area contributed by atoms with Crippen molar-refractivity contribution in [2.45, 2.75) is 33.4 Å². The lowest BCUT2D eigenvalue weighted by Gasteiger charge is -2.17. The van der Waals surface area contributed by atoms with Crippen LogP contribution in [0.5, 0.6) is 0 Å². The van der Waals surface area contributed by atoms with E-state index in [9.17, 15) is 9.59 Å². The van der Waals surface area contributed by atoms with Crippen LogP contribution >= 0.6 is 11.6 Å². The van der Waals surface area contributed by atoms with E-state index >= 15 is 0 Å². The zero-order valence-electron chi connectivity index (χ0n) is 10.9. The summed E-state index contributed by atoms with van der Waals surface area (Å²) in [5, 5.41) is 13.8. The van der Waals surface area contributed by atoms with E-state index in [4.69, 9.17) is 16.7 Å². The van der Waals surface area contributed by atoms with E-state index < -0.39 is 11.9 Å². The number of carbonyl (C=O) groups excluding carboxylic acids is 1. The van der Waals surface area contributed by atoms with Crippen LogP contribution in [0.4, 0.5) is 0 Å². The first-order valence-corrected chi connectivity index (χ1v) is 6.54. The minimum atomic E-state index is -0.929. The average molecular weight is 286 g/mol. The second-order valence-corrected chi connectivity index (χ2v) is 5.05. The molecule has 0 radical (unpaired) electrons. The molecule has 1 aliphatic rings. The number of carboxylic acid groups (broad SMARTS) is 1. The summed E-state index contributed by atoms with van der Waals surface area (Å²) in [5.74, 6) is -1.70. The van der Waals surface area contributed by atoms with Crippen molar-refractivity contribution in [3.8, 4) is 0 Å². The van der Waals surface area contributed by atoms with Gasteiger partial charge in [-0.05, 0) is 13.8 Å². The zero-order valence-corrected chi connectivity index (χ0v) is 11.6. The Morgan fingerprint density at radius 2 is 2.26 bits per heavy atom. The normalized spacial score (nSPS) is 19.2. The number of rotatable bonds is 4. The molecule has 1 aliphatic heterocycles. The molecule has 1 saturated heterocycles. The number of halogens is 1. The van der Waals surface area contributed by atoms with Crippen molar-refractivity contribution in [1.29, 1.82) is 0 Å². The van der Waals surface area contributed by atoms with Crippen molar-refractivity contribution in [3.05, 3.63) is 16.4 Å². The van der Waals surface area contributed by atoms with E-state index in [0.717, 1.165) is 11.4 Å². The highest BCUT2D eigenvalue weighted by atomic mass is 35.5. The van der Waals surface area contributed by atoms with Crippen molar-refractivity contribution < 1.29 is 14.7 Å². The molecule has 0 spiro atoms. The predicted octanol–water partition coefficient (Wildman–Crippen LogP) is 1.30. The van der Waals surface area contributed by atoms with Crippen LogP contribution < -0.4 is 0 Å². The van der Waals surface area contributed by atoms with Gasteiger partial charge in [0.15, 0.2) is 0 Å². The third-order valence-electron chi connectivity index (χ3n) is 3.36. The molecule has 0 aromatic carbocycles. The smallest absolute Gasteiger partial charge is 0.308 e. The molecule has 6 nitrogen and oxygen atoms in total. The van der Waals surface area contributed by atoms with Gasteiger partial charge in [0, 0.05) is 19.5 Å². The fraction of sp³-hybridized carbons (Fsp3) is 0.583. The largest absolute Gasteiger partial charge is 0.481 e. The average Bonchev–Trinajstić information content (AvgIpc) is 2.85. The summed E-state index contributed by atoms with van der Waals surface area (Å²) in [6.45, 7) is 4.96. The van der Waals surface area contributed by atoms with Gasteiger partial charge in [0.2, 0.25) is 5.91 Å². The second-order valence-electron chi connectivity index (χ2n) is 4.68. The molecule has 19 heavy (non-hydrogen) atoms. The van der Waals surface area contributed by atoms with Crippen LogP contribution in [0, 0.1) is 12.8 Å². The van der Waals surface area contributed by atoms with Gasteiger partial charge in [0.05, 0.1) is 28.9 Å². The van der Waals surface area contributed by atoms with Crippen molar-refractivity contribution in [2.24, 2.45) is 5.92 Å². The number of aryl methyl sites for hydroxylation is 2. The molecule has 0 bridgehead atoms. The van der Waals surface area contributed by atoms with Crippen LogP contribution in [0.1, 0.15) is 24.7 Å². The molecule has 104 valence electrons. The number of aromatic nitrogens is 2. The maximum Gasteiger partial charge on any atom is 0.308 e. The summed E-state index contributed by atoms with van der Waals surface area (Å²) in [4.78, 5) is 24.3. The van der Waals surface area contributed by atoms with Gasteiger partial charge in [-0.2, -0.15) is 5.10 Å². The molecule has 0 aliphatic carbocycles.